The lowest BCUT2D eigenvalue weighted by atomic mass is 10.1. The normalized spacial score (nSPS) is 10.9. The Hall–Kier alpha value is -3.59. The van der Waals surface area contributed by atoms with Crippen molar-refractivity contribution in [3.63, 3.8) is 0 Å². The Morgan fingerprint density at radius 1 is 1.15 bits per heavy atom. The maximum Gasteiger partial charge on any atom is 0.338 e. The fraction of sp³-hybridized carbons (Fsp3) is 0.182. The number of amides is 1. The van der Waals surface area contributed by atoms with E-state index in [1.54, 1.807) is 12.1 Å². The molecule has 0 radical (unpaired) electrons. The van der Waals surface area contributed by atoms with Crippen molar-refractivity contribution in [3.05, 3.63) is 69.7 Å². The second-order valence-electron chi connectivity index (χ2n) is 6.64. The molecule has 2 N–H and O–H groups in total. The van der Waals surface area contributed by atoms with E-state index in [4.69, 9.17) is 11.2 Å². The summed E-state index contributed by atoms with van der Waals surface area (Å²) < 4.78 is 31.7. The molecule has 0 aliphatic rings. The molecule has 2 aromatic carbocycles. The van der Waals surface area contributed by atoms with Gasteiger partial charge in [-0.25, -0.2) is 13.2 Å². The number of anilines is 1. The van der Waals surface area contributed by atoms with Gasteiger partial charge in [-0.3, -0.25) is 4.79 Å². The SMILES string of the molecule is C#CCNS(=O)(=O)c1cccc(C(=O)OCc2nnc(C(=O)Nc3ccc(CC)cc3)s2)c1. The summed E-state index contributed by atoms with van der Waals surface area (Å²) in [5.41, 5.74) is 1.82. The van der Waals surface area contributed by atoms with E-state index in [9.17, 15) is 18.0 Å². The number of terminal acetylenes is 1. The summed E-state index contributed by atoms with van der Waals surface area (Å²) in [6, 6.07) is 12.8. The van der Waals surface area contributed by atoms with E-state index < -0.39 is 21.9 Å². The summed E-state index contributed by atoms with van der Waals surface area (Å²) in [7, 11) is -3.85. The second kappa shape index (κ2) is 10.8. The van der Waals surface area contributed by atoms with Crippen LogP contribution in [-0.2, 0) is 27.8 Å². The first-order chi connectivity index (χ1) is 15.8. The maximum atomic E-state index is 12.4. The average Bonchev–Trinajstić information content (AvgIpc) is 3.31. The largest absolute Gasteiger partial charge is 0.455 e. The number of aromatic nitrogens is 2. The third-order valence-corrected chi connectivity index (χ3v) is 6.65. The molecule has 1 amide bonds. The molecule has 0 unspecified atom stereocenters. The lowest BCUT2D eigenvalue weighted by Crippen LogP contribution is -2.24. The van der Waals surface area contributed by atoms with Crippen LogP contribution in [0.15, 0.2) is 53.4 Å². The van der Waals surface area contributed by atoms with Crippen LogP contribution in [0.2, 0.25) is 0 Å². The van der Waals surface area contributed by atoms with Gasteiger partial charge in [-0.05, 0) is 42.3 Å². The van der Waals surface area contributed by atoms with Gasteiger partial charge in [0.1, 0.15) is 6.61 Å². The molecule has 1 aromatic heterocycles. The van der Waals surface area contributed by atoms with Crippen LogP contribution in [0.1, 0.15) is 37.7 Å². The zero-order valence-corrected chi connectivity index (χ0v) is 19.2. The Morgan fingerprint density at radius 3 is 2.61 bits per heavy atom. The minimum absolute atomic E-state index is 0.0385. The van der Waals surface area contributed by atoms with Crippen LogP contribution < -0.4 is 10.0 Å². The number of benzene rings is 2. The van der Waals surface area contributed by atoms with Crippen LogP contribution in [-0.4, -0.2) is 37.0 Å². The fourth-order valence-corrected chi connectivity index (χ4v) is 4.26. The van der Waals surface area contributed by atoms with E-state index in [1.165, 1.54) is 24.3 Å². The van der Waals surface area contributed by atoms with Gasteiger partial charge in [0.05, 0.1) is 17.0 Å². The van der Waals surface area contributed by atoms with Crippen molar-refractivity contribution in [2.75, 3.05) is 11.9 Å². The van der Waals surface area contributed by atoms with E-state index >= 15 is 0 Å². The minimum atomic E-state index is -3.85. The third kappa shape index (κ3) is 6.45. The number of hydrogen-bond acceptors (Lipinski definition) is 8. The number of esters is 1. The number of nitrogens with one attached hydrogen (secondary N) is 2. The van der Waals surface area contributed by atoms with Crippen LogP contribution in [0.4, 0.5) is 5.69 Å². The summed E-state index contributed by atoms with van der Waals surface area (Å²) in [4.78, 5) is 24.6. The van der Waals surface area contributed by atoms with Crippen LogP contribution in [0.3, 0.4) is 0 Å². The number of aryl methyl sites for hydroxylation is 1. The Balaban J connectivity index is 1.59. The molecule has 9 nitrogen and oxygen atoms in total. The van der Waals surface area contributed by atoms with Gasteiger partial charge in [0.15, 0.2) is 5.01 Å². The quantitative estimate of drug-likeness (QED) is 0.353. The molecule has 0 bridgehead atoms. The van der Waals surface area contributed by atoms with Crippen molar-refractivity contribution in [1.82, 2.24) is 14.9 Å². The zero-order chi connectivity index (χ0) is 23.8. The van der Waals surface area contributed by atoms with Gasteiger partial charge in [-0.15, -0.1) is 16.6 Å². The molecule has 3 rings (SSSR count). The van der Waals surface area contributed by atoms with Gasteiger partial charge in [0.25, 0.3) is 5.91 Å². The van der Waals surface area contributed by atoms with Gasteiger partial charge in [-0.2, -0.15) is 4.72 Å². The molecule has 0 saturated heterocycles. The molecule has 3 aromatic rings. The van der Waals surface area contributed by atoms with Gasteiger partial charge in [0.2, 0.25) is 15.0 Å². The monoisotopic (exact) mass is 484 g/mol. The number of nitrogens with zero attached hydrogens (tertiary/aromatic N) is 2. The minimum Gasteiger partial charge on any atom is -0.455 e. The highest BCUT2D eigenvalue weighted by molar-refractivity contribution is 7.89. The number of hydrogen-bond donors (Lipinski definition) is 2. The van der Waals surface area contributed by atoms with Gasteiger partial charge >= 0.3 is 5.97 Å². The molecule has 1 heterocycles. The van der Waals surface area contributed by atoms with Crippen molar-refractivity contribution in [2.45, 2.75) is 24.8 Å². The van der Waals surface area contributed by atoms with Crippen LogP contribution >= 0.6 is 11.3 Å². The molecule has 0 spiro atoms. The van der Waals surface area contributed by atoms with Crippen LogP contribution in [0, 0.1) is 12.3 Å². The van der Waals surface area contributed by atoms with Gasteiger partial charge in [0, 0.05) is 5.69 Å². The molecule has 170 valence electrons. The molecule has 0 atom stereocenters. The van der Waals surface area contributed by atoms with Crippen molar-refractivity contribution >= 4 is 38.9 Å². The summed E-state index contributed by atoms with van der Waals surface area (Å²) >= 11 is 0.985. The lowest BCUT2D eigenvalue weighted by molar-refractivity contribution is 0.0471. The van der Waals surface area contributed by atoms with E-state index in [-0.39, 0.29) is 28.6 Å². The fourth-order valence-electron chi connectivity index (χ4n) is 2.63. The van der Waals surface area contributed by atoms with Crippen molar-refractivity contribution in [2.24, 2.45) is 0 Å². The molecular formula is C22H20N4O5S2. The number of rotatable bonds is 9. The standard InChI is InChI=1S/C22H20N4O5S2/c1-3-12-23-33(29,30)18-7-5-6-16(13-18)22(28)31-14-19-25-26-21(32-19)20(27)24-17-10-8-15(4-2)9-11-17/h1,5-11,13,23H,4,12,14H2,2H3,(H,24,27). The Kier molecular flexibility index (Phi) is 7.89. The Bertz CT molecular complexity index is 1290. The lowest BCUT2D eigenvalue weighted by Gasteiger charge is -2.06. The Morgan fingerprint density at radius 2 is 1.91 bits per heavy atom. The average molecular weight is 485 g/mol. The zero-order valence-electron chi connectivity index (χ0n) is 17.6. The first-order valence-corrected chi connectivity index (χ1v) is 12.1. The predicted octanol–water partition coefficient (Wildman–Crippen LogP) is 2.62. The number of carbonyl (C=O) groups is 2. The highest BCUT2D eigenvalue weighted by Gasteiger charge is 2.18. The van der Waals surface area contributed by atoms with E-state index in [0.717, 1.165) is 23.3 Å². The first-order valence-electron chi connectivity index (χ1n) is 9.75. The topological polar surface area (TPSA) is 127 Å². The van der Waals surface area contributed by atoms with E-state index in [2.05, 4.69) is 26.2 Å². The molecule has 33 heavy (non-hydrogen) atoms. The van der Waals surface area contributed by atoms with Crippen molar-refractivity contribution < 1.29 is 22.7 Å². The third-order valence-electron chi connectivity index (χ3n) is 4.35. The molecule has 0 saturated carbocycles. The van der Waals surface area contributed by atoms with E-state index in [1.807, 2.05) is 19.1 Å². The van der Waals surface area contributed by atoms with Crippen molar-refractivity contribution in [1.29, 1.82) is 0 Å². The van der Waals surface area contributed by atoms with Gasteiger partial charge < -0.3 is 10.1 Å². The van der Waals surface area contributed by atoms with Crippen LogP contribution in [0.25, 0.3) is 0 Å². The number of carbonyl (C=O) groups excluding carboxylic acids is 2. The smallest absolute Gasteiger partial charge is 0.338 e. The highest BCUT2D eigenvalue weighted by atomic mass is 32.2. The summed E-state index contributed by atoms with van der Waals surface area (Å²) in [5, 5.41) is 10.9. The summed E-state index contributed by atoms with van der Waals surface area (Å²) in [6.45, 7) is 1.65. The summed E-state index contributed by atoms with van der Waals surface area (Å²) in [6.07, 6.45) is 5.97. The maximum absolute atomic E-state index is 12.4. The predicted molar refractivity (Wildman–Crippen MR) is 123 cm³/mol. The molecule has 0 fully saturated rings. The van der Waals surface area contributed by atoms with Crippen LogP contribution in [0.5, 0.6) is 0 Å². The van der Waals surface area contributed by atoms with Crippen molar-refractivity contribution in [3.8, 4) is 12.3 Å². The molecule has 0 aliphatic carbocycles. The number of ether oxygens (including phenoxy) is 1. The molecule has 11 heteroatoms. The first kappa shape index (κ1) is 24.1. The number of sulfonamides is 1. The summed E-state index contributed by atoms with van der Waals surface area (Å²) in [5.74, 6) is 1.00. The van der Waals surface area contributed by atoms with E-state index in [0.29, 0.717) is 10.7 Å². The highest BCUT2D eigenvalue weighted by Crippen LogP contribution is 2.17. The van der Waals surface area contributed by atoms with Gasteiger partial charge in [-0.1, -0.05) is 42.4 Å². The second-order valence-corrected chi connectivity index (χ2v) is 9.47. The molecular weight excluding hydrogens is 464 g/mol. The Labute approximate surface area is 195 Å². The molecule has 0 aliphatic heterocycles.